The highest BCUT2D eigenvalue weighted by molar-refractivity contribution is 7.13. The lowest BCUT2D eigenvalue weighted by molar-refractivity contribution is 0.280. The number of aliphatic hydroxyl groups is 1. The summed E-state index contributed by atoms with van der Waals surface area (Å²) in [6, 6.07) is 4.09. The lowest BCUT2D eigenvalue weighted by atomic mass is 10.1. The molecule has 0 saturated carbocycles. The average Bonchev–Trinajstić information content (AvgIpc) is 2.77. The van der Waals surface area contributed by atoms with Gasteiger partial charge in [0.1, 0.15) is 10.8 Å². The van der Waals surface area contributed by atoms with Crippen LogP contribution in [-0.2, 0) is 6.61 Å². The Kier molecular flexibility index (Phi) is 3.40. The minimum absolute atomic E-state index is 0.104. The summed E-state index contributed by atoms with van der Waals surface area (Å²) < 4.78 is 5.74. The van der Waals surface area contributed by atoms with Crippen LogP contribution in [0.3, 0.4) is 0 Å². The van der Waals surface area contributed by atoms with Gasteiger partial charge in [0, 0.05) is 0 Å². The molecule has 0 spiro atoms. The largest absolute Gasteiger partial charge is 0.429 e. The molecule has 0 radical (unpaired) electrons. The number of nitrogens with zero attached hydrogens (tertiary/aromatic N) is 2. The van der Waals surface area contributed by atoms with Crippen LogP contribution in [-0.4, -0.2) is 15.3 Å². The van der Waals surface area contributed by atoms with Crippen LogP contribution in [0.15, 0.2) is 12.1 Å². The van der Waals surface area contributed by atoms with Crippen molar-refractivity contribution in [3.63, 3.8) is 0 Å². The van der Waals surface area contributed by atoms with Gasteiger partial charge in [-0.2, -0.15) is 0 Å². The number of rotatable bonds is 3. The van der Waals surface area contributed by atoms with Crippen molar-refractivity contribution < 1.29 is 9.84 Å². The van der Waals surface area contributed by atoms with E-state index in [0.29, 0.717) is 10.2 Å². The predicted octanol–water partition coefficient (Wildman–Crippen LogP) is 2.75. The van der Waals surface area contributed by atoms with Gasteiger partial charge in [0.2, 0.25) is 0 Å². The molecule has 0 fully saturated rings. The number of hydrogen-bond acceptors (Lipinski definition) is 5. The molecule has 2 aromatic rings. The van der Waals surface area contributed by atoms with Crippen molar-refractivity contribution in [2.24, 2.45) is 0 Å². The Bertz CT molecular complexity index is 537. The minimum atomic E-state index is -0.104. The molecule has 1 N–H and O–H groups in total. The van der Waals surface area contributed by atoms with Crippen molar-refractivity contribution in [1.29, 1.82) is 0 Å². The van der Waals surface area contributed by atoms with Crippen LogP contribution in [0.2, 0.25) is 0 Å². The third kappa shape index (κ3) is 2.45. The molecule has 17 heavy (non-hydrogen) atoms. The number of ether oxygens (including phenoxy) is 1. The van der Waals surface area contributed by atoms with Crippen LogP contribution in [0.4, 0.5) is 0 Å². The van der Waals surface area contributed by atoms with Gasteiger partial charge >= 0.3 is 0 Å². The van der Waals surface area contributed by atoms with Gasteiger partial charge in [-0.1, -0.05) is 28.6 Å². The number of aliphatic hydroxyl groups excluding tert-OH is 1. The van der Waals surface area contributed by atoms with E-state index < -0.39 is 0 Å². The monoisotopic (exact) mass is 250 g/mol. The van der Waals surface area contributed by atoms with Crippen molar-refractivity contribution >= 4 is 11.3 Å². The highest BCUT2D eigenvalue weighted by atomic mass is 32.1. The molecule has 0 aliphatic rings. The lowest BCUT2D eigenvalue weighted by Crippen LogP contribution is -1.93. The zero-order valence-corrected chi connectivity index (χ0v) is 10.8. The summed E-state index contributed by atoms with van der Waals surface area (Å²) in [6.45, 7) is 5.95. The van der Waals surface area contributed by atoms with Crippen LogP contribution >= 0.6 is 11.3 Å². The summed E-state index contributed by atoms with van der Waals surface area (Å²) in [7, 11) is 0. The van der Waals surface area contributed by atoms with E-state index in [4.69, 9.17) is 9.84 Å². The second kappa shape index (κ2) is 4.81. The van der Waals surface area contributed by atoms with E-state index in [1.165, 1.54) is 16.9 Å². The first kappa shape index (κ1) is 12.0. The van der Waals surface area contributed by atoms with Crippen LogP contribution in [0.25, 0.3) is 0 Å². The number of hydrogen-bond donors (Lipinski definition) is 1. The van der Waals surface area contributed by atoms with Crippen LogP contribution in [0.1, 0.15) is 21.7 Å². The molecule has 0 aliphatic carbocycles. The van der Waals surface area contributed by atoms with Crippen molar-refractivity contribution in [2.75, 3.05) is 0 Å². The van der Waals surface area contributed by atoms with E-state index in [1.54, 1.807) is 0 Å². The van der Waals surface area contributed by atoms with Gasteiger partial charge in [-0.15, -0.1) is 5.10 Å². The fraction of sp³-hybridized carbons (Fsp3) is 0.333. The van der Waals surface area contributed by atoms with Crippen LogP contribution in [0.5, 0.6) is 10.9 Å². The van der Waals surface area contributed by atoms with Crippen molar-refractivity contribution in [2.45, 2.75) is 27.4 Å². The topological polar surface area (TPSA) is 55.2 Å². The van der Waals surface area contributed by atoms with Crippen molar-refractivity contribution in [1.82, 2.24) is 10.2 Å². The van der Waals surface area contributed by atoms with Gasteiger partial charge in [0.15, 0.2) is 0 Å². The Morgan fingerprint density at radius 2 is 1.88 bits per heavy atom. The zero-order chi connectivity index (χ0) is 12.4. The molecule has 0 unspecified atom stereocenters. The Morgan fingerprint density at radius 1 is 1.18 bits per heavy atom. The second-order valence-electron chi connectivity index (χ2n) is 3.88. The molecule has 2 rings (SSSR count). The Labute approximate surface area is 104 Å². The third-order valence-corrected chi connectivity index (χ3v) is 3.43. The standard InChI is InChI=1S/C12H14N2O2S/c1-7-4-5-8(2)11(9(7)3)16-12-14-13-10(6-15)17-12/h4-5,15H,6H2,1-3H3. The molecule has 1 heterocycles. The fourth-order valence-corrected chi connectivity index (χ4v) is 2.07. The van der Waals surface area contributed by atoms with E-state index in [0.717, 1.165) is 16.9 Å². The maximum absolute atomic E-state index is 8.92. The summed E-state index contributed by atoms with van der Waals surface area (Å²) >= 11 is 1.26. The fourth-order valence-electron chi connectivity index (χ4n) is 1.51. The van der Waals surface area contributed by atoms with E-state index in [2.05, 4.69) is 16.3 Å². The molecule has 0 amide bonds. The SMILES string of the molecule is Cc1ccc(C)c(Oc2nnc(CO)s2)c1C. The molecule has 4 nitrogen and oxygen atoms in total. The first-order valence-corrected chi connectivity index (χ1v) is 6.11. The predicted molar refractivity (Wildman–Crippen MR) is 66.6 cm³/mol. The lowest BCUT2D eigenvalue weighted by Gasteiger charge is -2.10. The Balaban J connectivity index is 2.32. The summed E-state index contributed by atoms with van der Waals surface area (Å²) in [5, 5.41) is 17.6. The summed E-state index contributed by atoms with van der Waals surface area (Å²) in [5.74, 6) is 0.825. The van der Waals surface area contributed by atoms with Gasteiger partial charge < -0.3 is 9.84 Å². The van der Waals surface area contributed by atoms with Gasteiger partial charge in [0.25, 0.3) is 5.19 Å². The Hall–Kier alpha value is -1.46. The number of benzene rings is 1. The Morgan fingerprint density at radius 3 is 2.53 bits per heavy atom. The van der Waals surface area contributed by atoms with Crippen molar-refractivity contribution in [3.05, 3.63) is 33.8 Å². The zero-order valence-electron chi connectivity index (χ0n) is 10.0. The van der Waals surface area contributed by atoms with Crippen LogP contribution in [0, 0.1) is 20.8 Å². The molecule has 0 atom stereocenters. The molecule has 1 aromatic carbocycles. The number of aromatic nitrogens is 2. The first-order valence-electron chi connectivity index (χ1n) is 5.29. The van der Waals surface area contributed by atoms with Crippen LogP contribution < -0.4 is 4.74 Å². The summed E-state index contributed by atoms with van der Waals surface area (Å²) in [5.41, 5.74) is 3.34. The van der Waals surface area contributed by atoms with Gasteiger partial charge in [-0.25, -0.2) is 0 Å². The molecule has 5 heteroatoms. The van der Waals surface area contributed by atoms with E-state index >= 15 is 0 Å². The summed E-state index contributed by atoms with van der Waals surface area (Å²) in [4.78, 5) is 0. The van der Waals surface area contributed by atoms with Gasteiger partial charge in [0.05, 0.1) is 6.61 Å². The molecule has 1 aromatic heterocycles. The van der Waals surface area contributed by atoms with Gasteiger partial charge in [-0.3, -0.25) is 0 Å². The third-order valence-electron chi connectivity index (χ3n) is 2.65. The quantitative estimate of drug-likeness (QED) is 0.910. The smallest absolute Gasteiger partial charge is 0.299 e. The average molecular weight is 250 g/mol. The van der Waals surface area contributed by atoms with E-state index in [9.17, 15) is 0 Å². The maximum Gasteiger partial charge on any atom is 0.299 e. The minimum Gasteiger partial charge on any atom is -0.429 e. The molecule has 90 valence electrons. The molecule has 0 bridgehead atoms. The molecule has 0 saturated heterocycles. The molecule has 0 aliphatic heterocycles. The van der Waals surface area contributed by atoms with E-state index in [-0.39, 0.29) is 6.61 Å². The molecular formula is C12H14N2O2S. The second-order valence-corrected chi connectivity index (χ2v) is 4.90. The first-order chi connectivity index (χ1) is 8.11. The molecular weight excluding hydrogens is 236 g/mol. The highest BCUT2D eigenvalue weighted by Crippen LogP contribution is 2.31. The maximum atomic E-state index is 8.92. The van der Waals surface area contributed by atoms with Crippen molar-refractivity contribution in [3.8, 4) is 10.9 Å². The number of aryl methyl sites for hydroxylation is 2. The summed E-state index contributed by atoms with van der Waals surface area (Å²) in [6.07, 6.45) is 0. The van der Waals surface area contributed by atoms with Gasteiger partial charge in [-0.05, 0) is 37.5 Å². The van der Waals surface area contributed by atoms with E-state index in [1.807, 2.05) is 26.8 Å². The highest BCUT2D eigenvalue weighted by Gasteiger charge is 2.11. The normalized spacial score (nSPS) is 10.6.